The van der Waals surface area contributed by atoms with Crippen LogP contribution in [0.2, 0.25) is 6.82 Å². The summed E-state index contributed by atoms with van der Waals surface area (Å²) in [7, 11) is 4.50. The Morgan fingerprint density at radius 1 is 1.00 bits per heavy atom. The SMILES string of the molecule is CC(C)(C)N1CCC1C(=O)O.CC(C)(C)N1CCC1CO.CS.[B]C. The lowest BCUT2D eigenvalue weighted by atomic mass is 9.93. The normalized spacial score (nSPS) is 23.3. The van der Waals surface area contributed by atoms with Crippen LogP contribution in [0.1, 0.15) is 54.4 Å². The minimum absolute atomic E-state index is 0.00130. The number of carboxylic acid groups (broad SMARTS) is 1. The minimum atomic E-state index is -0.689. The van der Waals surface area contributed by atoms with Crippen LogP contribution in [-0.2, 0) is 4.79 Å². The molecule has 2 atom stereocenters. The highest BCUT2D eigenvalue weighted by Gasteiger charge is 2.40. The molecule has 0 bridgehead atoms. The van der Waals surface area contributed by atoms with Crippen LogP contribution in [0.5, 0.6) is 0 Å². The van der Waals surface area contributed by atoms with E-state index < -0.39 is 5.97 Å². The molecule has 5 nitrogen and oxygen atoms in total. The van der Waals surface area contributed by atoms with Crippen molar-refractivity contribution < 1.29 is 15.0 Å². The van der Waals surface area contributed by atoms with Gasteiger partial charge in [-0.25, -0.2) is 0 Å². The number of aliphatic hydroxyl groups is 1. The van der Waals surface area contributed by atoms with Gasteiger partial charge in [-0.05, 0) is 60.6 Å². The van der Waals surface area contributed by atoms with E-state index in [9.17, 15) is 4.79 Å². The fourth-order valence-electron chi connectivity index (χ4n) is 2.96. The molecule has 0 amide bonds. The van der Waals surface area contributed by atoms with Crippen molar-refractivity contribution in [1.82, 2.24) is 9.80 Å². The quantitative estimate of drug-likeness (QED) is 0.512. The van der Waals surface area contributed by atoms with Crippen LogP contribution >= 0.6 is 12.6 Å². The van der Waals surface area contributed by atoms with Crippen LogP contribution in [0.4, 0.5) is 0 Å². The molecule has 0 saturated carbocycles. The van der Waals surface area contributed by atoms with Gasteiger partial charge in [-0.15, -0.1) is 0 Å². The summed E-state index contributed by atoms with van der Waals surface area (Å²) in [5.41, 5.74) is 0.243. The molecule has 25 heavy (non-hydrogen) atoms. The number of aliphatic hydroxyl groups excluding tert-OH is 1. The van der Waals surface area contributed by atoms with Gasteiger partial charge in [0.1, 0.15) is 6.04 Å². The summed E-state index contributed by atoms with van der Waals surface area (Å²) in [6.45, 7) is 16.6. The number of rotatable bonds is 2. The fourth-order valence-corrected chi connectivity index (χ4v) is 2.96. The summed E-state index contributed by atoms with van der Waals surface area (Å²) in [5, 5.41) is 17.6. The van der Waals surface area contributed by atoms with E-state index in [4.69, 9.17) is 10.2 Å². The number of carbonyl (C=O) groups is 1. The van der Waals surface area contributed by atoms with E-state index in [0.717, 1.165) is 25.9 Å². The molecule has 0 aliphatic carbocycles. The van der Waals surface area contributed by atoms with Gasteiger partial charge in [0.25, 0.3) is 0 Å². The lowest BCUT2D eigenvalue weighted by Crippen LogP contribution is -2.60. The summed E-state index contributed by atoms with van der Waals surface area (Å²) in [6, 6.07) is 0.190. The van der Waals surface area contributed by atoms with Gasteiger partial charge in [-0.2, -0.15) is 12.6 Å². The zero-order valence-corrected chi connectivity index (χ0v) is 18.3. The number of carboxylic acids is 1. The van der Waals surface area contributed by atoms with Gasteiger partial charge in [0.2, 0.25) is 0 Å². The van der Waals surface area contributed by atoms with Gasteiger partial charge >= 0.3 is 5.97 Å². The van der Waals surface area contributed by atoms with Crippen LogP contribution in [0.3, 0.4) is 0 Å². The van der Waals surface area contributed by atoms with Gasteiger partial charge in [0.15, 0.2) is 0 Å². The minimum Gasteiger partial charge on any atom is -0.480 e. The summed E-state index contributed by atoms with van der Waals surface area (Å²) in [6.07, 6.45) is 3.65. The van der Waals surface area contributed by atoms with E-state index in [1.165, 1.54) is 6.82 Å². The van der Waals surface area contributed by atoms with E-state index in [0.29, 0.717) is 12.6 Å². The second-order valence-corrected chi connectivity index (χ2v) is 8.00. The number of hydrogen-bond donors (Lipinski definition) is 3. The molecule has 7 heteroatoms. The summed E-state index contributed by atoms with van der Waals surface area (Å²) in [5.74, 6) is -0.689. The smallest absolute Gasteiger partial charge is 0.320 e. The molecule has 2 N–H and O–H groups in total. The van der Waals surface area contributed by atoms with E-state index in [1.54, 1.807) is 6.26 Å². The van der Waals surface area contributed by atoms with Crippen molar-refractivity contribution in [2.45, 2.75) is 84.4 Å². The predicted molar refractivity (Wildman–Crippen MR) is 111 cm³/mol. The third kappa shape index (κ3) is 8.80. The Hall–Kier alpha value is -0.235. The summed E-state index contributed by atoms with van der Waals surface area (Å²) < 4.78 is 0. The monoisotopic (exact) mass is 374 g/mol. The Bertz CT molecular complexity index is 368. The Labute approximate surface area is 162 Å². The van der Waals surface area contributed by atoms with Crippen molar-refractivity contribution >= 4 is 26.4 Å². The molecule has 2 aliphatic heterocycles. The van der Waals surface area contributed by atoms with Crippen molar-refractivity contribution in [3.8, 4) is 0 Å². The molecular formula is C18H39BN2O3S. The lowest BCUT2D eigenvalue weighted by Gasteiger charge is -2.48. The second-order valence-electron chi connectivity index (χ2n) is 8.00. The van der Waals surface area contributed by atoms with Crippen LogP contribution in [0.15, 0.2) is 0 Å². The van der Waals surface area contributed by atoms with Crippen molar-refractivity contribution in [2.24, 2.45) is 0 Å². The van der Waals surface area contributed by atoms with Crippen LogP contribution in [0, 0.1) is 0 Å². The van der Waals surface area contributed by atoms with E-state index in [-0.39, 0.29) is 17.1 Å². The lowest BCUT2D eigenvalue weighted by molar-refractivity contribution is -0.152. The molecule has 2 saturated heterocycles. The molecule has 2 unspecified atom stereocenters. The van der Waals surface area contributed by atoms with E-state index in [1.807, 2.05) is 25.7 Å². The molecule has 2 rings (SSSR count). The first-order chi connectivity index (χ1) is 11.5. The maximum absolute atomic E-state index is 10.6. The highest BCUT2D eigenvalue weighted by molar-refractivity contribution is 7.79. The van der Waals surface area contributed by atoms with Crippen molar-refractivity contribution in [3.63, 3.8) is 0 Å². The number of thiol groups is 1. The standard InChI is InChI=1S/C8H15NO2.C8H17NO.CH3B.CH4S/c1-8(2,3)9-5-4-6(9)7(10)11;1-8(2,3)9-5-4-7(9)6-10;2*1-2/h6H,4-5H2,1-3H3,(H,10,11);7,10H,4-6H2,1-3H3;1H3;2H,1H3. The number of aliphatic carboxylic acids is 1. The Balaban J connectivity index is 0. The fraction of sp³-hybridized carbons (Fsp3) is 0.944. The molecule has 148 valence electrons. The van der Waals surface area contributed by atoms with E-state index >= 15 is 0 Å². The van der Waals surface area contributed by atoms with Gasteiger partial charge in [-0.1, -0.05) is 6.82 Å². The molecule has 0 aromatic carbocycles. The predicted octanol–water partition coefficient (Wildman–Crippen LogP) is 2.54. The molecule has 0 aromatic heterocycles. The molecule has 2 heterocycles. The molecular weight excluding hydrogens is 335 g/mol. The van der Waals surface area contributed by atoms with Crippen LogP contribution in [-0.4, -0.2) is 82.9 Å². The maximum Gasteiger partial charge on any atom is 0.320 e. The van der Waals surface area contributed by atoms with E-state index in [2.05, 4.69) is 46.1 Å². The molecule has 0 aromatic rings. The first kappa shape index (κ1) is 27.0. The topological polar surface area (TPSA) is 64.0 Å². The first-order valence-corrected chi connectivity index (χ1v) is 9.77. The Morgan fingerprint density at radius 3 is 1.48 bits per heavy atom. The molecule has 2 fully saturated rings. The largest absolute Gasteiger partial charge is 0.480 e. The molecule has 0 spiro atoms. The van der Waals surface area contributed by atoms with Crippen molar-refractivity contribution in [1.29, 1.82) is 0 Å². The second kappa shape index (κ2) is 12.2. The average Bonchev–Trinajstić information content (AvgIpc) is 2.37. The highest BCUT2D eigenvalue weighted by atomic mass is 32.1. The third-order valence-electron chi connectivity index (χ3n) is 4.38. The van der Waals surface area contributed by atoms with Gasteiger partial charge < -0.3 is 10.2 Å². The number of likely N-dealkylation sites (tertiary alicyclic amines) is 2. The first-order valence-electron chi connectivity index (χ1n) is 8.88. The van der Waals surface area contributed by atoms with Gasteiger partial charge in [-0.3, -0.25) is 14.6 Å². The third-order valence-corrected chi connectivity index (χ3v) is 4.38. The van der Waals surface area contributed by atoms with Crippen LogP contribution in [0.25, 0.3) is 0 Å². The number of nitrogens with zero attached hydrogens (tertiary/aromatic N) is 2. The maximum atomic E-state index is 10.6. The Morgan fingerprint density at radius 2 is 1.40 bits per heavy atom. The highest BCUT2D eigenvalue weighted by Crippen LogP contribution is 2.27. The number of hydrogen-bond acceptors (Lipinski definition) is 5. The summed E-state index contributed by atoms with van der Waals surface area (Å²) in [4.78, 5) is 14.9. The molecule has 2 aliphatic rings. The molecule has 2 radical (unpaired) electrons. The van der Waals surface area contributed by atoms with Crippen LogP contribution < -0.4 is 0 Å². The zero-order valence-electron chi connectivity index (χ0n) is 17.4. The summed E-state index contributed by atoms with van der Waals surface area (Å²) >= 11 is 3.53. The Kier molecular flexibility index (Phi) is 13.2. The van der Waals surface area contributed by atoms with Crippen molar-refractivity contribution in [3.05, 3.63) is 0 Å². The van der Waals surface area contributed by atoms with Gasteiger partial charge in [0, 0.05) is 30.2 Å². The van der Waals surface area contributed by atoms with Crippen molar-refractivity contribution in [2.75, 3.05) is 26.0 Å². The zero-order chi connectivity index (χ0) is 20.4. The van der Waals surface area contributed by atoms with Gasteiger partial charge in [0.05, 0.1) is 14.5 Å². The average molecular weight is 374 g/mol.